The van der Waals surface area contributed by atoms with E-state index >= 15 is 0 Å². The fourth-order valence-corrected chi connectivity index (χ4v) is 1.76. The zero-order chi connectivity index (χ0) is 15.9. The molecule has 6 nitrogen and oxygen atoms in total. The van der Waals surface area contributed by atoms with Gasteiger partial charge in [0.05, 0.1) is 0 Å². The van der Waals surface area contributed by atoms with E-state index < -0.39 is 16.4 Å². The number of carboxylic acid groups (broad SMARTS) is 1. The Morgan fingerprint density at radius 2 is 1.10 bits per heavy atom. The summed E-state index contributed by atoms with van der Waals surface area (Å²) >= 11 is 0. The molecule has 0 unspecified atom stereocenters. The maximum absolute atomic E-state index is 10.2. The van der Waals surface area contributed by atoms with Crippen molar-refractivity contribution in [2.45, 2.75) is 77.6 Å². The Bertz CT molecular complexity index is 311. The first-order chi connectivity index (χ1) is 9.27. The van der Waals surface area contributed by atoms with E-state index in [0.29, 0.717) is 6.42 Å². The summed E-state index contributed by atoms with van der Waals surface area (Å²) in [6.45, 7) is 2.24. The molecule has 3 N–H and O–H groups in total. The molecule has 0 aromatic rings. The summed E-state index contributed by atoms with van der Waals surface area (Å²) in [4.78, 5) is 10.2. The molecule has 0 aliphatic heterocycles. The molecule has 0 aromatic carbocycles. The van der Waals surface area contributed by atoms with E-state index in [1.54, 1.807) is 0 Å². The summed E-state index contributed by atoms with van der Waals surface area (Å²) in [5, 5.41) is 8.44. The van der Waals surface area contributed by atoms with Gasteiger partial charge in [-0.25, -0.2) is 0 Å². The van der Waals surface area contributed by atoms with Gasteiger partial charge in [0.25, 0.3) is 0 Å². The third kappa shape index (κ3) is 44.9. The van der Waals surface area contributed by atoms with Gasteiger partial charge in [0.1, 0.15) is 0 Å². The van der Waals surface area contributed by atoms with Crippen LogP contribution in [0.15, 0.2) is 0 Å². The first-order valence-electron chi connectivity index (χ1n) is 7.19. The third-order valence-electron chi connectivity index (χ3n) is 2.74. The van der Waals surface area contributed by atoms with Gasteiger partial charge in [0, 0.05) is 6.42 Å². The van der Waals surface area contributed by atoms with E-state index in [1.807, 2.05) is 0 Å². The van der Waals surface area contributed by atoms with Crippen LogP contribution in [0.4, 0.5) is 0 Å². The number of carbonyl (C=O) groups is 1. The van der Waals surface area contributed by atoms with Gasteiger partial charge in [0.15, 0.2) is 0 Å². The zero-order valence-electron chi connectivity index (χ0n) is 12.3. The van der Waals surface area contributed by atoms with Crippen LogP contribution in [0.3, 0.4) is 0 Å². The summed E-state index contributed by atoms with van der Waals surface area (Å²) in [6.07, 6.45) is 12.9. The van der Waals surface area contributed by atoms with E-state index in [9.17, 15) is 4.79 Å². The molecular formula is C13H29NaO6S. The Hall–Kier alpha value is 0.340. The molecule has 124 valence electrons. The van der Waals surface area contributed by atoms with Gasteiger partial charge < -0.3 is 5.11 Å². The van der Waals surface area contributed by atoms with E-state index in [4.69, 9.17) is 22.6 Å². The zero-order valence-corrected chi connectivity index (χ0v) is 13.1. The van der Waals surface area contributed by atoms with E-state index in [-0.39, 0.29) is 29.6 Å². The van der Waals surface area contributed by atoms with Crippen LogP contribution >= 0.6 is 0 Å². The second-order valence-corrected chi connectivity index (χ2v) is 5.67. The molecule has 0 amide bonds. The molecule has 0 aromatic heterocycles. The van der Waals surface area contributed by atoms with Crippen molar-refractivity contribution < 1.29 is 27.4 Å². The summed E-state index contributed by atoms with van der Waals surface area (Å²) < 4.78 is 31.6. The van der Waals surface area contributed by atoms with Crippen LogP contribution in [-0.2, 0) is 15.2 Å². The Morgan fingerprint density at radius 3 is 1.38 bits per heavy atom. The minimum absolute atomic E-state index is 0. The van der Waals surface area contributed by atoms with Crippen LogP contribution in [0.1, 0.15) is 77.6 Å². The van der Waals surface area contributed by atoms with Crippen LogP contribution in [-0.4, -0.2) is 58.2 Å². The number of rotatable bonds is 11. The van der Waals surface area contributed by atoms with Crippen molar-refractivity contribution in [3.05, 3.63) is 0 Å². The Balaban J connectivity index is -0.000000465. The molecular weight excluding hydrogens is 307 g/mol. The van der Waals surface area contributed by atoms with E-state index in [0.717, 1.165) is 12.8 Å². The molecule has 0 bridgehead atoms. The molecule has 0 spiro atoms. The molecule has 0 rings (SSSR count). The van der Waals surface area contributed by atoms with Crippen LogP contribution in [0, 0.1) is 0 Å². The van der Waals surface area contributed by atoms with Crippen molar-refractivity contribution in [1.82, 2.24) is 0 Å². The molecule has 0 saturated carbocycles. The van der Waals surface area contributed by atoms with Crippen molar-refractivity contribution in [1.29, 1.82) is 0 Å². The molecule has 21 heavy (non-hydrogen) atoms. The summed E-state index contributed by atoms with van der Waals surface area (Å²) in [6, 6.07) is 0. The molecule has 0 radical (unpaired) electrons. The fraction of sp³-hybridized carbons (Fsp3) is 0.923. The average Bonchev–Trinajstić information content (AvgIpc) is 2.29. The van der Waals surface area contributed by atoms with Crippen LogP contribution in [0.5, 0.6) is 0 Å². The molecule has 0 atom stereocenters. The number of unbranched alkanes of at least 4 members (excludes halogenated alkanes) is 9. The quantitative estimate of drug-likeness (QED) is 0.304. The van der Waals surface area contributed by atoms with Crippen molar-refractivity contribution in [2.75, 3.05) is 0 Å². The van der Waals surface area contributed by atoms with Crippen molar-refractivity contribution in [3.8, 4) is 0 Å². The SMILES string of the molecule is CCCCCCCCCCCCC(=O)O.O=S(=O)(O)O.[NaH]. The number of hydrogen-bond acceptors (Lipinski definition) is 3. The Labute approximate surface area is 150 Å². The fourth-order valence-electron chi connectivity index (χ4n) is 1.76. The van der Waals surface area contributed by atoms with Crippen molar-refractivity contribution in [3.63, 3.8) is 0 Å². The monoisotopic (exact) mass is 336 g/mol. The van der Waals surface area contributed by atoms with Crippen LogP contribution < -0.4 is 0 Å². The predicted molar refractivity (Wildman–Crippen MR) is 85.4 cm³/mol. The van der Waals surface area contributed by atoms with Crippen LogP contribution in [0.2, 0.25) is 0 Å². The van der Waals surface area contributed by atoms with Gasteiger partial charge in [-0.3, -0.25) is 13.9 Å². The second kappa shape index (κ2) is 18.4. The molecule has 0 fully saturated rings. The molecule has 0 saturated heterocycles. The van der Waals surface area contributed by atoms with Gasteiger partial charge in [-0.1, -0.05) is 64.7 Å². The van der Waals surface area contributed by atoms with Gasteiger partial charge >= 0.3 is 45.9 Å². The van der Waals surface area contributed by atoms with Gasteiger partial charge in [-0.15, -0.1) is 0 Å². The Kier molecular flexibility index (Phi) is 23.0. The maximum atomic E-state index is 10.2. The standard InChI is InChI=1S/C13H26O2.Na.H2O4S.H/c1-2-3-4-5-6-7-8-9-10-11-12-13(14)15;;1-5(2,3)4;/h2-12H2,1H3,(H,14,15);;(H2,1,2,3,4);. The van der Waals surface area contributed by atoms with Gasteiger partial charge in [-0.2, -0.15) is 8.42 Å². The molecule has 8 heteroatoms. The topological polar surface area (TPSA) is 112 Å². The number of aliphatic carboxylic acids is 1. The molecule has 0 aliphatic rings. The van der Waals surface area contributed by atoms with Gasteiger partial charge in [0.2, 0.25) is 0 Å². The third-order valence-corrected chi connectivity index (χ3v) is 2.74. The normalized spacial score (nSPS) is 10.2. The first-order valence-corrected chi connectivity index (χ1v) is 8.58. The summed E-state index contributed by atoms with van der Waals surface area (Å²) in [5.74, 6) is -0.658. The summed E-state index contributed by atoms with van der Waals surface area (Å²) in [5.41, 5.74) is 0. The van der Waals surface area contributed by atoms with Crippen molar-refractivity contribution in [2.24, 2.45) is 0 Å². The number of carboxylic acids is 1. The van der Waals surface area contributed by atoms with E-state index in [1.165, 1.54) is 51.4 Å². The molecule has 0 heterocycles. The van der Waals surface area contributed by atoms with E-state index in [2.05, 4.69) is 6.92 Å². The van der Waals surface area contributed by atoms with Crippen molar-refractivity contribution >= 4 is 45.9 Å². The average molecular weight is 336 g/mol. The Morgan fingerprint density at radius 1 is 0.810 bits per heavy atom. The second-order valence-electron chi connectivity index (χ2n) is 4.77. The predicted octanol–water partition coefficient (Wildman–Crippen LogP) is 3.08. The summed E-state index contributed by atoms with van der Waals surface area (Å²) in [7, 11) is -4.67. The minimum atomic E-state index is -4.67. The van der Waals surface area contributed by atoms with Crippen LogP contribution in [0.25, 0.3) is 0 Å². The van der Waals surface area contributed by atoms with Gasteiger partial charge in [-0.05, 0) is 6.42 Å². The first kappa shape index (κ1) is 26.2. The molecule has 0 aliphatic carbocycles. The number of hydrogen-bond donors (Lipinski definition) is 3.